The van der Waals surface area contributed by atoms with Crippen LogP contribution >= 0.6 is 56.2 Å². The Morgan fingerprint density at radius 1 is 0.870 bits per heavy atom. The zero-order chi connectivity index (χ0) is 17.5. The minimum atomic E-state index is -4.40. The number of halogens is 6. The Morgan fingerprint density at radius 3 is 1.83 bits per heavy atom. The number of hydrogen-bond acceptors (Lipinski definition) is 1. The molecular formula is C14H12Cl6N2Sn. The van der Waals surface area contributed by atoms with E-state index in [0.29, 0.717) is 5.02 Å². The van der Waals surface area contributed by atoms with Gasteiger partial charge in [-0.25, -0.2) is 0 Å². The fraction of sp³-hybridized carbons (Fsp3) is 0.0714. The first-order valence-corrected chi connectivity index (χ1v) is 24.7. The molecule has 0 radical (unpaired) electrons. The fourth-order valence-corrected chi connectivity index (χ4v) is 1.48. The molecule has 0 fully saturated rings. The van der Waals surface area contributed by atoms with E-state index in [1.807, 2.05) is 66.5 Å². The quantitative estimate of drug-likeness (QED) is 0.207. The molecule has 9 heteroatoms. The van der Waals surface area contributed by atoms with Crippen LogP contribution in [0.1, 0.15) is 0 Å². The second kappa shape index (κ2) is 9.10. The van der Waals surface area contributed by atoms with Crippen LogP contribution in [-0.2, 0) is 0 Å². The standard InChI is InChI=1S/C14H12ClN2.5ClH.Sn/c1-17(14-5-3-2-4-6-14)11-16-13-9-7-12(15)8-10-13;;;;;;/h2-10H,1H3;5*1H;/q+1;;;;;;+4/p-5. The van der Waals surface area contributed by atoms with E-state index in [2.05, 4.69) is 11.0 Å². The summed E-state index contributed by atoms with van der Waals surface area (Å²) in [4.78, 5) is 6.08. The van der Waals surface area contributed by atoms with Crippen molar-refractivity contribution < 1.29 is 0 Å². The first-order valence-electron chi connectivity index (χ1n) is 6.21. The summed E-state index contributed by atoms with van der Waals surface area (Å²) >= 11 is 1.40. The third kappa shape index (κ3) is 12.3. The Morgan fingerprint density at radius 2 is 1.35 bits per heavy atom. The van der Waals surface area contributed by atoms with E-state index in [0.717, 1.165) is 11.4 Å². The Balaban J connectivity index is 0.000000379. The van der Waals surface area contributed by atoms with Gasteiger partial charge >= 0.3 is 62.2 Å². The topological polar surface area (TPSA) is 7.60 Å². The van der Waals surface area contributed by atoms with E-state index >= 15 is 0 Å². The first-order chi connectivity index (χ1) is 10.5. The Bertz CT molecular complexity index is 669. The van der Waals surface area contributed by atoms with Crippen LogP contribution in [0.2, 0.25) is 5.02 Å². The predicted molar refractivity (Wildman–Crippen MR) is 108 cm³/mol. The van der Waals surface area contributed by atoms with E-state index in [4.69, 9.17) is 56.2 Å². The average molecular weight is 540 g/mol. The second-order valence-electron chi connectivity index (χ2n) is 4.30. The second-order valence-corrected chi connectivity index (χ2v) is 47.1. The van der Waals surface area contributed by atoms with E-state index in [1.165, 1.54) is 0 Å². The van der Waals surface area contributed by atoms with E-state index in [9.17, 15) is 0 Å². The number of rotatable bonds is 1. The zero-order valence-corrected chi connectivity index (χ0v) is 19.2. The summed E-state index contributed by atoms with van der Waals surface area (Å²) in [6.45, 7) is 0. The van der Waals surface area contributed by atoms with Gasteiger partial charge in [-0.1, -0.05) is 29.8 Å². The van der Waals surface area contributed by atoms with Gasteiger partial charge in [0.05, 0.1) is 7.05 Å². The molecule has 0 saturated heterocycles. The molecule has 0 aliphatic rings. The van der Waals surface area contributed by atoms with Crippen LogP contribution in [0.25, 0.3) is 4.85 Å². The van der Waals surface area contributed by atoms with Gasteiger partial charge in [-0.2, -0.15) is 9.74 Å². The number of anilines is 1. The molecule has 2 rings (SSSR count). The van der Waals surface area contributed by atoms with E-state index < -0.39 is 11.4 Å². The Kier molecular flexibility index (Phi) is 8.43. The fourth-order valence-electron chi connectivity index (χ4n) is 1.36. The average Bonchev–Trinajstić information content (AvgIpc) is 2.45. The van der Waals surface area contributed by atoms with Gasteiger partial charge in [0.1, 0.15) is 5.69 Å². The molecule has 2 nitrogen and oxygen atoms in total. The van der Waals surface area contributed by atoms with Crippen LogP contribution in [0.4, 0.5) is 11.4 Å². The van der Waals surface area contributed by atoms with Crippen molar-refractivity contribution in [3.05, 3.63) is 64.5 Å². The summed E-state index contributed by atoms with van der Waals surface area (Å²) in [6.07, 6.45) is 2.95. The van der Waals surface area contributed by atoms with Crippen molar-refractivity contribution in [2.24, 2.45) is 0 Å². The van der Waals surface area contributed by atoms with Gasteiger partial charge < -0.3 is 0 Å². The van der Waals surface area contributed by atoms with Gasteiger partial charge in [0.25, 0.3) is 0 Å². The molecule has 0 bridgehead atoms. The molecule has 23 heavy (non-hydrogen) atoms. The maximum atomic E-state index is 5.80. The van der Waals surface area contributed by atoms with E-state index in [1.54, 1.807) is 0 Å². The van der Waals surface area contributed by atoms with Crippen LogP contribution in [0.15, 0.2) is 54.6 Å². The molecule has 124 valence electrons. The number of benzene rings is 2. The summed E-state index contributed by atoms with van der Waals surface area (Å²) in [5.74, 6) is 0. The molecule has 0 unspecified atom stereocenters. The zero-order valence-electron chi connectivity index (χ0n) is 11.9. The summed E-state index contributed by atoms with van der Waals surface area (Å²) in [6, 6.07) is 17.3. The van der Waals surface area contributed by atoms with Crippen LogP contribution < -0.4 is 4.90 Å². The summed E-state index contributed by atoms with van der Waals surface area (Å²) in [5.41, 5.74) is 1.88. The van der Waals surface area contributed by atoms with Gasteiger partial charge in [0.15, 0.2) is 0 Å². The molecule has 0 saturated carbocycles. The van der Waals surface area contributed by atoms with Crippen molar-refractivity contribution in [1.29, 1.82) is 0 Å². The molecular weight excluding hydrogens is 528 g/mol. The van der Waals surface area contributed by atoms with Crippen molar-refractivity contribution >= 4 is 78.9 Å². The van der Waals surface area contributed by atoms with Gasteiger partial charge in [-0.05, 0) is 24.3 Å². The monoisotopic (exact) mass is 538 g/mol. The van der Waals surface area contributed by atoms with Crippen LogP contribution in [-0.4, -0.2) is 18.4 Å². The van der Waals surface area contributed by atoms with Crippen LogP contribution in [0.3, 0.4) is 0 Å². The molecule has 0 N–H and O–H groups in total. The van der Waals surface area contributed by atoms with Crippen molar-refractivity contribution in [1.82, 2.24) is 0 Å². The van der Waals surface area contributed by atoms with Gasteiger partial charge in [0.2, 0.25) is 5.69 Å². The Hall–Kier alpha value is 0.269. The predicted octanol–water partition coefficient (Wildman–Crippen LogP) is 7.47. The van der Waals surface area contributed by atoms with Gasteiger partial charge in [0, 0.05) is 17.2 Å². The molecule has 0 heterocycles. The third-order valence-electron chi connectivity index (χ3n) is 2.30. The minimum absolute atomic E-state index is 0.709. The summed E-state index contributed by atoms with van der Waals surface area (Å²) in [5, 5.41) is 0.709. The molecule has 0 spiro atoms. The van der Waals surface area contributed by atoms with Crippen molar-refractivity contribution in [2.75, 3.05) is 11.9 Å². The molecule has 0 aliphatic carbocycles. The van der Waals surface area contributed by atoms with Crippen molar-refractivity contribution in [3.8, 4) is 6.19 Å². The molecule has 2 aromatic rings. The number of para-hydroxylation sites is 1. The van der Waals surface area contributed by atoms with Crippen LogP contribution in [0.5, 0.6) is 0 Å². The van der Waals surface area contributed by atoms with Crippen molar-refractivity contribution in [3.63, 3.8) is 0 Å². The van der Waals surface area contributed by atoms with Crippen molar-refractivity contribution in [2.45, 2.75) is 0 Å². The summed E-state index contributed by atoms with van der Waals surface area (Å²) in [7, 11) is 27.2. The molecule has 2 aromatic carbocycles. The maximum absolute atomic E-state index is 5.80. The molecule has 0 aliphatic heterocycles. The van der Waals surface area contributed by atoms with Crippen LogP contribution in [0, 0.1) is 6.19 Å². The SMILES string of the molecule is CN(C#[N+]c1ccc(Cl)cc1)c1ccccc1.[Cl][Sn-]([Cl])([Cl])([Cl])[Cl]. The molecule has 0 amide bonds. The normalized spacial score (nSPS) is 11.9. The number of hydrogen-bond donors (Lipinski definition) is 0. The molecule has 0 aromatic heterocycles. The summed E-state index contributed by atoms with van der Waals surface area (Å²) < 4.78 is 0. The molecule has 0 atom stereocenters. The van der Waals surface area contributed by atoms with Gasteiger partial charge in [-0.3, -0.25) is 0 Å². The number of nitrogens with zero attached hydrogens (tertiary/aromatic N) is 2. The van der Waals surface area contributed by atoms with Gasteiger partial charge in [-0.15, -0.1) is 0 Å². The van der Waals surface area contributed by atoms with E-state index in [-0.39, 0.29) is 0 Å². The first kappa shape index (κ1) is 21.3. The Labute approximate surface area is 160 Å². The third-order valence-corrected chi connectivity index (χ3v) is 2.55.